The van der Waals surface area contributed by atoms with Crippen molar-refractivity contribution in [2.45, 2.75) is 25.8 Å². The van der Waals surface area contributed by atoms with Crippen LogP contribution >= 0.6 is 24.0 Å². The Kier molecular flexibility index (Phi) is 6.13. The van der Waals surface area contributed by atoms with E-state index in [2.05, 4.69) is 6.92 Å². The first kappa shape index (κ1) is 12.8. The van der Waals surface area contributed by atoms with Gasteiger partial charge in [-0.15, -0.1) is 12.4 Å². The second-order valence-electron chi connectivity index (χ2n) is 2.92. The summed E-state index contributed by atoms with van der Waals surface area (Å²) in [6.45, 7) is 2.12. The molecule has 0 aliphatic rings. The predicted molar refractivity (Wildman–Crippen MR) is 60.5 cm³/mol. The Morgan fingerprint density at radius 1 is 1.38 bits per heavy atom. The highest BCUT2D eigenvalue weighted by Crippen LogP contribution is 2.23. The lowest BCUT2D eigenvalue weighted by Crippen LogP contribution is -2.09. The highest BCUT2D eigenvalue weighted by molar-refractivity contribution is 6.31. The molecule has 0 heterocycles. The maximum Gasteiger partial charge on any atom is 0.0453 e. The van der Waals surface area contributed by atoms with Gasteiger partial charge in [0.1, 0.15) is 0 Å². The first-order valence-corrected chi connectivity index (χ1v) is 4.63. The third-order valence-electron chi connectivity index (χ3n) is 1.90. The standard InChI is InChI=1S/C10H14ClN.ClH/c1-2-5-10(12)8-6-3-4-7-9(8)11;/h3-4,6-7,10H,2,5,12H2,1H3;1H/t10-;/m0./s1. The van der Waals surface area contributed by atoms with E-state index in [0.717, 1.165) is 23.4 Å². The van der Waals surface area contributed by atoms with Crippen molar-refractivity contribution in [2.24, 2.45) is 5.73 Å². The molecule has 0 radical (unpaired) electrons. The average molecular weight is 220 g/mol. The van der Waals surface area contributed by atoms with E-state index < -0.39 is 0 Å². The molecule has 0 bridgehead atoms. The molecule has 0 spiro atoms. The van der Waals surface area contributed by atoms with E-state index in [4.69, 9.17) is 17.3 Å². The molecule has 0 aliphatic heterocycles. The van der Waals surface area contributed by atoms with Crippen molar-refractivity contribution in [3.8, 4) is 0 Å². The Morgan fingerprint density at radius 3 is 2.54 bits per heavy atom. The zero-order valence-electron chi connectivity index (χ0n) is 7.66. The van der Waals surface area contributed by atoms with Gasteiger partial charge in [-0.1, -0.05) is 43.1 Å². The molecule has 0 aromatic heterocycles. The molecule has 1 nitrogen and oxygen atoms in total. The monoisotopic (exact) mass is 219 g/mol. The van der Waals surface area contributed by atoms with Crippen molar-refractivity contribution < 1.29 is 0 Å². The van der Waals surface area contributed by atoms with Crippen LogP contribution in [0.15, 0.2) is 24.3 Å². The van der Waals surface area contributed by atoms with E-state index >= 15 is 0 Å². The van der Waals surface area contributed by atoms with Gasteiger partial charge >= 0.3 is 0 Å². The quantitative estimate of drug-likeness (QED) is 0.827. The fourth-order valence-electron chi connectivity index (χ4n) is 1.24. The third kappa shape index (κ3) is 3.55. The van der Waals surface area contributed by atoms with Crippen LogP contribution in [0.5, 0.6) is 0 Å². The van der Waals surface area contributed by atoms with Gasteiger partial charge in [0.05, 0.1) is 0 Å². The van der Waals surface area contributed by atoms with Crippen LogP contribution in [0.1, 0.15) is 31.4 Å². The van der Waals surface area contributed by atoms with Crippen LogP contribution < -0.4 is 5.73 Å². The molecule has 3 heteroatoms. The van der Waals surface area contributed by atoms with Gasteiger partial charge in [-0.25, -0.2) is 0 Å². The van der Waals surface area contributed by atoms with Gasteiger partial charge in [0.2, 0.25) is 0 Å². The van der Waals surface area contributed by atoms with Crippen LogP contribution in [-0.2, 0) is 0 Å². The van der Waals surface area contributed by atoms with E-state index in [-0.39, 0.29) is 18.4 Å². The molecule has 74 valence electrons. The summed E-state index contributed by atoms with van der Waals surface area (Å²) in [6.07, 6.45) is 2.08. The average Bonchev–Trinajstić information content (AvgIpc) is 2.05. The van der Waals surface area contributed by atoms with E-state index in [1.54, 1.807) is 0 Å². The van der Waals surface area contributed by atoms with Crippen LogP contribution in [0.3, 0.4) is 0 Å². The number of hydrogen-bond acceptors (Lipinski definition) is 1. The molecule has 2 N–H and O–H groups in total. The summed E-state index contributed by atoms with van der Waals surface area (Å²) in [6, 6.07) is 7.85. The molecule has 1 aromatic rings. The van der Waals surface area contributed by atoms with Gasteiger partial charge in [0.15, 0.2) is 0 Å². The van der Waals surface area contributed by atoms with Crippen LogP contribution in [0.25, 0.3) is 0 Å². The van der Waals surface area contributed by atoms with Gasteiger partial charge in [0, 0.05) is 11.1 Å². The fraction of sp³-hybridized carbons (Fsp3) is 0.400. The minimum Gasteiger partial charge on any atom is -0.324 e. The summed E-state index contributed by atoms with van der Waals surface area (Å²) in [5.74, 6) is 0. The van der Waals surface area contributed by atoms with Crippen LogP contribution in [0.2, 0.25) is 5.02 Å². The molecular weight excluding hydrogens is 205 g/mol. The van der Waals surface area contributed by atoms with Gasteiger partial charge in [-0.05, 0) is 18.1 Å². The molecule has 1 atom stereocenters. The van der Waals surface area contributed by atoms with Crippen LogP contribution in [-0.4, -0.2) is 0 Å². The minimum absolute atomic E-state index is 0. The summed E-state index contributed by atoms with van der Waals surface area (Å²) >= 11 is 5.97. The Balaban J connectivity index is 0.00000144. The lowest BCUT2D eigenvalue weighted by molar-refractivity contribution is 0.638. The number of halogens is 2. The zero-order chi connectivity index (χ0) is 8.97. The van der Waals surface area contributed by atoms with Gasteiger partial charge in [0.25, 0.3) is 0 Å². The Hall–Kier alpha value is -0.240. The largest absolute Gasteiger partial charge is 0.324 e. The van der Waals surface area contributed by atoms with Gasteiger partial charge in [-0.2, -0.15) is 0 Å². The van der Waals surface area contributed by atoms with E-state index in [1.165, 1.54) is 0 Å². The Bertz CT molecular complexity index is 250. The number of benzene rings is 1. The van der Waals surface area contributed by atoms with E-state index in [0.29, 0.717) is 0 Å². The molecule has 13 heavy (non-hydrogen) atoms. The molecule has 0 fully saturated rings. The lowest BCUT2D eigenvalue weighted by atomic mass is 10.0. The molecule has 0 unspecified atom stereocenters. The lowest BCUT2D eigenvalue weighted by Gasteiger charge is -2.11. The van der Waals surface area contributed by atoms with E-state index in [1.807, 2.05) is 24.3 Å². The molecule has 0 saturated carbocycles. The summed E-state index contributed by atoms with van der Waals surface area (Å²) in [5.41, 5.74) is 6.98. The smallest absolute Gasteiger partial charge is 0.0453 e. The maximum absolute atomic E-state index is 5.97. The number of hydrogen-bond donors (Lipinski definition) is 1. The molecular formula is C10H15Cl2N. The summed E-state index contributed by atoms with van der Waals surface area (Å²) in [7, 11) is 0. The highest BCUT2D eigenvalue weighted by Gasteiger charge is 2.07. The van der Waals surface area contributed by atoms with Crippen LogP contribution in [0, 0.1) is 0 Å². The van der Waals surface area contributed by atoms with Crippen molar-refractivity contribution in [3.05, 3.63) is 34.9 Å². The first-order chi connectivity index (χ1) is 5.75. The number of rotatable bonds is 3. The normalized spacial score (nSPS) is 11.9. The topological polar surface area (TPSA) is 26.0 Å². The van der Waals surface area contributed by atoms with Crippen LogP contribution in [0.4, 0.5) is 0 Å². The molecule has 0 saturated heterocycles. The first-order valence-electron chi connectivity index (χ1n) is 4.25. The Labute approximate surface area is 90.7 Å². The highest BCUT2D eigenvalue weighted by atomic mass is 35.5. The van der Waals surface area contributed by atoms with Crippen molar-refractivity contribution in [3.63, 3.8) is 0 Å². The van der Waals surface area contributed by atoms with Crippen molar-refractivity contribution >= 4 is 24.0 Å². The number of nitrogens with two attached hydrogens (primary N) is 1. The Morgan fingerprint density at radius 2 is 2.00 bits per heavy atom. The minimum atomic E-state index is 0. The second kappa shape index (κ2) is 6.25. The van der Waals surface area contributed by atoms with Gasteiger partial charge in [-0.3, -0.25) is 0 Å². The summed E-state index contributed by atoms with van der Waals surface area (Å²) < 4.78 is 0. The second-order valence-corrected chi connectivity index (χ2v) is 3.32. The third-order valence-corrected chi connectivity index (χ3v) is 2.25. The van der Waals surface area contributed by atoms with Crippen molar-refractivity contribution in [1.29, 1.82) is 0 Å². The summed E-state index contributed by atoms with van der Waals surface area (Å²) in [5, 5.41) is 0.776. The van der Waals surface area contributed by atoms with Crippen molar-refractivity contribution in [2.75, 3.05) is 0 Å². The van der Waals surface area contributed by atoms with E-state index in [9.17, 15) is 0 Å². The van der Waals surface area contributed by atoms with Crippen molar-refractivity contribution in [1.82, 2.24) is 0 Å². The zero-order valence-corrected chi connectivity index (χ0v) is 9.24. The molecule has 1 rings (SSSR count). The molecule has 1 aromatic carbocycles. The molecule has 0 aliphatic carbocycles. The maximum atomic E-state index is 5.97. The fourth-order valence-corrected chi connectivity index (χ4v) is 1.52. The summed E-state index contributed by atoms with van der Waals surface area (Å²) in [4.78, 5) is 0. The SMILES string of the molecule is CCC[C@H](N)c1ccccc1Cl.Cl. The predicted octanol–water partition coefficient (Wildman–Crippen LogP) is 3.56. The molecule has 0 amide bonds. The van der Waals surface area contributed by atoms with Gasteiger partial charge < -0.3 is 5.73 Å².